The lowest BCUT2D eigenvalue weighted by Gasteiger charge is -2.14. The van der Waals surface area contributed by atoms with Crippen LogP contribution in [0.1, 0.15) is 17.2 Å². The van der Waals surface area contributed by atoms with Crippen LogP contribution in [-0.4, -0.2) is 5.11 Å². The summed E-state index contributed by atoms with van der Waals surface area (Å²) in [6, 6.07) is 12.6. The first-order chi connectivity index (χ1) is 8.09. The predicted molar refractivity (Wildman–Crippen MR) is 74.7 cm³/mol. The van der Waals surface area contributed by atoms with Crippen LogP contribution < -0.4 is 0 Å². The molecule has 0 aliphatic carbocycles. The van der Waals surface area contributed by atoms with E-state index in [9.17, 15) is 5.11 Å². The molecule has 0 amide bonds. The molecule has 0 aliphatic heterocycles. The highest BCUT2D eigenvalue weighted by atomic mass is 79.9. The van der Waals surface area contributed by atoms with Crippen LogP contribution in [-0.2, 0) is 0 Å². The molecule has 0 spiro atoms. The van der Waals surface area contributed by atoms with E-state index in [0.29, 0.717) is 15.6 Å². The van der Waals surface area contributed by atoms with E-state index < -0.39 is 6.10 Å². The van der Waals surface area contributed by atoms with Crippen LogP contribution in [0.3, 0.4) is 0 Å². The largest absolute Gasteiger partial charge is 0.384 e. The van der Waals surface area contributed by atoms with Gasteiger partial charge in [-0.25, -0.2) is 0 Å². The summed E-state index contributed by atoms with van der Waals surface area (Å²) in [6.07, 6.45) is -0.768. The van der Waals surface area contributed by atoms with Gasteiger partial charge in [0.2, 0.25) is 0 Å². The smallest absolute Gasteiger partial charge is 0.107 e. The minimum Gasteiger partial charge on any atom is -0.384 e. The fourth-order valence-electron chi connectivity index (χ4n) is 1.59. The van der Waals surface area contributed by atoms with Crippen LogP contribution in [0, 0.1) is 0 Å². The molecule has 2 rings (SSSR count). The van der Waals surface area contributed by atoms with Gasteiger partial charge in [-0.15, -0.1) is 0 Å². The maximum absolute atomic E-state index is 10.3. The quantitative estimate of drug-likeness (QED) is 0.835. The van der Waals surface area contributed by atoms with E-state index in [1.807, 2.05) is 24.3 Å². The lowest BCUT2D eigenvalue weighted by atomic mass is 10.0. The molecule has 1 nitrogen and oxygen atoms in total. The Hall–Kier alpha value is -0.540. The number of rotatable bonds is 2. The molecule has 0 aliphatic rings. The monoisotopic (exact) mass is 330 g/mol. The Kier molecular flexibility index (Phi) is 4.10. The average Bonchev–Trinajstić information content (AvgIpc) is 2.29. The van der Waals surface area contributed by atoms with Crippen LogP contribution in [0.4, 0.5) is 0 Å². The zero-order chi connectivity index (χ0) is 12.4. The predicted octanol–water partition coefficient (Wildman–Crippen LogP) is 4.84. The standard InChI is InChI=1S/C13H9BrCl2O/c14-11-4-2-1-3-9(11)13(17)10-6-5-8(15)7-12(10)16/h1-7,13,17H. The second-order valence-corrected chi connectivity index (χ2v) is 5.29. The second kappa shape index (κ2) is 5.40. The first-order valence-corrected chi connectivity index (χ1v) is 6.52. The van der Waals surface area contributed by atoms with Crippen molar-refractivity contribution in [3.63, 3.8) is 0 Å². The van der Waals surface area contributed by atoms with Gasteiger partial charge in [0.05, 0.1) is 0 Å². The van der Waals surface area contributed by atoms with Crippen molar-refractivity contribution in [3.8, 4) is 0 Å². The molecular formula is C13H9BrCl2O. The first kappa shape index (κ1) is 12.9. The second-order valence-electron chi connectivity index (χ2n) is 3.59. The maximum atomic E-state index is 10.3. The van der Waals surface area contributed by atoms with E-state index in [0.717, 1.165) is 10.0 Å². The lowest BCUT2D eigenvalue weighted by Crippen LogP contribution is -2.01. The van der Waals surface area contributed by atoms with Crippen molar-refractivity contribution in [2.75, 3.05) is 0 Å². The molecule has 4 heteroatoms. The van der Waals surface area contributed by atoms with Crippen molar-refractivity contribution in [2.24, 2.45) is 0 Å². The van der Waals surface area contributed by atoms with Crippen molar-refractivity contribution < 1.29 is 5.11 Å². The number of hydrogen-bond acceptors (Lipinski definition) is 1. The summed E-state index contributed by atoms with van der Waals surface area (Å²) >= 11 is 15.3. The molecule has 17 heavy (non-hydrogen) atoms. The lowest BCUT2D eigenvalue weighted by molar-refractivity contribution is 0.219. The summed E-state index contributed by atoms with van der Waals surface area (Å²) in [7, 11) is 0. The van der Waals surface area contributed by atoms with Gasteiger partial charge in [-0.2, -0.15) is 0 Å². The molecule has 0 fully saturated rings. The minimum absolute atomic E-state index is 0.459. The third kappa shape index (κ3) is 2.83. The number of aliphatic hydroxyl groups is 1. The van der Waals surface area contributed by atoms with Crippen molar-refractivity contribution in [1.29, 1.82) is 0 Å². The molecule has 2 aromatic carbocycles. The van der Waals surface area contributed by atoms with Crippen LogP contribution in [0.5, 0.6) is 0 Å². The van der Waals surface area contributed by atoms with Crippen molar-refractivity contribution in [1.82, 2.24) is 0 Å². The molecule has 88 valence electrons. The zero-order valence-electron chi connectivity index (χ0n) is 8.70. The molecule has 0 aromatic heterocycles. The van der Waals surface area contributed by atoms with Gasteiger partial charge in [0.15, 0.2) is 0 Å². The van der Waals surface area contributed by atoms with Gasteiger partial charge in [-0.3, -0.25) is 0 Å². The van der Waals surface area contributed by atoms with Crippen LogP contribution in [0.15, 0.2) is 46.9 Å². The summed E-state index contributed by atoms with van der Waals surface area (Å²) in [5.41, 5.74) is 1.42. The molecule has 0 saturated carbocycles. The van der Waals surface area contributed by atoms with E-state index in [-0.39, 0.29) is 0 Å². The normalized spacial score (nSPS) is 12.5. The zero-order valence-corrected chi connectivity index (χ0v) is 11.8. The van der Waals surface area contributed by atoms with E-state index in [1.165, 1.54) is 0 Å². The average molecular weight is 332 g/mol. The number of halogens is 3. The highest BCUT2D eigenvalue weighted by molar-refractivity contribution is 9.10. The van der Waals surface area contributed by atoms with Gasteiger partial charge in [-0.05, 0) is 23.8 Å². The fourth-order valence-corrected chi connectivity index (χ4v) is 2.60. The Balaban J connectivity index is 2.44. The highest BCUT2D eigenvalue weighted by Crippen LogP contribution is 2.33. The van der Waals surface area contributed by atoms with Crippen LogP contribution in [0.2, 0.25) is 10.0 Å². The van der Waals surface area contributed by atoms with Gasteiger partial charge >= 0.3 is 0 Å². The SMILES string of the molecule is OC(c1ccc(Cl)cc1Cl)c1ccccc1Br. The molecule has 1 N–H and O–H groups in total. The van der Waals surface area contributed by atoms with Gasteiger partial charge in [0, 0.05) is 20.1 Å². The molecular weight excluding hydrogens is 323 g/mol. The molecule has 0 saturated heterocycles. The van der Waals surface area contributed by atoms with Crippen molar-refractivity contribution in [3.05, 3.63) is 68.1 Å². The van der Waals surface area contributed by atoms with Crippen molar-refractivity contribution >= 4 is 39.1 Å². The van der Waals surface area contributed by atoms with E-state index in [4.69, 9.17) is 23.2 Å². The summed E-state index contributed by atoms with van der Waals surface area (Å²) in [5.74, 6) is 0. The Bertz CT molecular complexity index is 543. The fraction of sp³-hybridized carbons (Fsp3) is 0.0769. The van der Waals surface area contributed by atoms with Gasteiger partial charge in [0.1, 0.15) is 6.10 Å². The Morgan fingerprint density at radius 2 is 1.71 bits per heavy atom. The van der Waals surface area contributed by atoms with Gasteiger partial charge in [-0.1, -0.05) is 63.4 Å². The van der Waals surface area contributed by atoms with Crippen LogP contribution >= 0.6 is 39.1 Å². The Morgan fingerprint density at radius 1 is 1.00 bits per heavy atom. The van der Waals surface area contributed by atoms with Gasteiger partial charge in [0.25, 0.3) is 0 Å². The minimum atomic E-state index is -0.768. The van der Waals surface area contributed by atoms with E-state index >= 15 is 0 Å². The summed E-state index contributed by atoms with van der Waals surface area (Å²) in [5, 5.41) is 11.3. The number of hydrogen-bond donors (Lipinski definition) is 1. The Morgan fingerprint density at radius 3 is 2.35 bits per heavy atom. The third-order valence-corrected chi connectivity index (χ3v) is 3.74. The molecule has 1 atom stereocenters. The van der Waals surface area contributed by atoms with E-state index in [1.54, 1.807) is 18.2 Å². The molecule has 0 radical (unpaired) electrons. The summed E-state index contributed by atoms with van der Waals surface area (Å²) in [6.45, 7) is 0. The van der Waals surface area contributed by atoms with Crippen LogP contribution in [0.25, 0.3) is 0 Å². The number of benzene rings is 2. The third-order valence-electron chi connectivity index (χ3n) is 2.46. The van der Waals surface area contributed by atoms with Crippen molar-refractivity contribution in [2.45, 2.75) is 6.10 Å². The first-order valence-electron chi connectivity index (χ1n) is 4.97. The number of aliphatic hydroxyl groups excluding tert-OH is 1. The Labute approximate surface area is 118 Å². The molecule has 1 unspecified atom stereocenters. The molecule has 0 heterocycles. The molecule has 2 aromatic rings. The maximum Gasteiger partial charge on any atom is 0.107 e. The van der Waals surface area contributed by atoms with Gasteiger partial charge < -0.3 is 5.11 Å². The summed E-state index contributed by atoms with van der Waals surface area (Å²) in [4.78, 5) is 0. The van der Waals surface area contributed by atoms with E-state index in [2.05, 4.69) is 15.9 Å². The summed E-state index contributed by atoms with van der Waals surface area (Å²) < 4.78 is 0.846. The molecule has 0 bridgehead atoms. The highest BCUT2D eigenvalue weighted by Gasteiger charge is 2.16. The topological polar surface area (TPSA) is 20.2 Å².